The number of hydrogen-bond acceptors (Lipinski definition) is 3. The minimum absolute atomic E-state index is 0.153. The van der Waals surface area contributed by atoms with Gasteiger partial charge in [0.05, 0.1) is 0 Å². The van der Waals surface area contributed by atoms with Gasteiger partial charge in [-0.3, -0.25) is 4.79 Å². The van der Waals surface area contributed by atoms with Gasteiger partial charge in [-0.2, -0.15) is 0 Å². The third-order valence-corrected chi connectivity index (χ3v) is 3.75. The van der Waals surface area contributed by atoms with E-state index in [9.17, 15) is 9.18 Å². The first-order chi connectivity index (χ1) is 8.19. The molecule has 0 aliphatic carbocycles. The van der Waals surface area contributed by atoms with E-state index in [-0.39, 0.29) is 5.75 Å². The number of rotatable bonds is 4. The molecule has 17 heavy (non-hydrogen) atoms. The Kier molecular flexibility index (Phi) is 3.91. The van der Waals surface area contributed by atoms with Gasteiger partial charge in [0.25, 0.3) is 0 Å². The lowest BCUT2D eigenvalue weighted by Crippen LogP contribution is -1.96. The topological polar surface area (TPSA) is 26.3 Å². The predicted molar refractivity (Wildman–Crippen MR) is 68.1 cm³/mol. The molecule has 0 saturated heterocycles. The molecule has 0 radical (unpaired) electrons. The van der Waals surface area contributed by atoms with Gasteiger partial charge in [0.2, 0.25) is 0 Å². The van der Waals surface area contributed by atoms with Crippen LogP contribution in [0.1, 0.15) is 15.2 Å². The molecule has 0 aliphatic rings. The summed E-state index contributed by atoms with van der Waals surface area (Å²) in [5, 5.41) is 1.94. The van der Waals surface area contributed by atoms with Crippen LogP contribution in [-0.2, 0) is 6.61 Å². The van der Waals surface area contributed by atoms with Gasteiger partial charge in [-0.05, 0) is 40.2 Å². The number of carbonyl (C=O) groups is 1. The van der Waals surface area contributed by atoms with Crippen LogP contribution in [0.3, 0.4) is 0 Å². The zero-order valence-corrected chi connectivity index (χ0v) is 11.1. The van der Waals surface area contributed by atoms with Crippen molar-refractivity contribution in [3.8, 4) is 5.75 Å². The molecule has 0 amide bonds. The number of halogens is 2. The van der Waals surface area contributed by atoms with E-state index in [2.05, 4.69) is 15.9 Å². The molecule has 0 aliphatic heterocycles. The Labute approximate surface area is 110 Å². The van der Waals surface area contributed by atoms with E-state index >= 15 is 0 Å². The molecule has 2 nitrogen and oxygen atoms in total. The van der Waals surface area contributed by atoms with Crippen LogP contribution >= 0.6 is 27.3 Å². The van der Waals surface area contributed by atoms with Crippen LogP contribution in [0.4, 0.5) is 4.39 Å². The summed E-state index contributed by atoms with van der Waals surface area (Å²) in [5.41, 5.74) is 0.300. The van der Waals surface area contributed by atoms with Crippen molar-refractivity contribution in [3.05, 3.63) is 50.4 Å². The van der Waals surface area contributed by atoms with Crippen molar-refractivity contribution in [1.82, 2.24) is 0 Å². The molecule has 0 N–H and O–H groups in total. The van der Waals surface area contributed by atoms with E-state index in [4.69, 9.17) is 4.74 Å². The van der Waals surface area contributed by atoms with Crippen LogP contribution in [0, 0.1) is 5.82 Å². The summed E-state index contributed by atoms with van der Waals surface area (Å²) in [6.07, 6.45) is 0.600. The summed E-state index contributed by atoms with van der Waals surface area (Å²) in [7, 11) is 0. The van der Waals surface area contributed by atoms with Crippen molar-refractivity contribution in [2.45, 2.75) is 6.61 Å². The van der Waals surface area contributed by atoms with Crippen LogP contribution in [0.2, 0.25) is 0 Å². The fourth-order valence-electron chi connectivity index (χ4n) is 1.29. The molecule has 0 saturated carbocycles. The van der Waals surface area contributed by atoms with Crippen molar-refractivity contribution in [2.24, 2.45) is 0 Å². The van der Waals surface area contributed by atoms with Crippen molar-refractivity contribution in [1.29, 1.82) is 0 Å². The van der Waals surface area contributed by atoms with Crippen molar-refractivity contribution in [2.75, 3.05) is 0 Å². The molecule has 88 valence electrons. The van der Waals surface area contributed by atoms with E-state index in [0.29, 0.717) is 18.5 Å². The van der Waals surface area contributed by atoms with Gasteiger partial charge < -0.3 is 4.74 Å². The van der Waals surface area contributed by atoms with E-state index in [1.807, 2.05) is 11.4 Å². The Hall–Kier alpha value is -1.20. The molecule has 2 rings (SSSR count). The average molecular weight is 315 g/mol. The fraction of sp³-hybridized carbons (Fsp3) is 0.0833. The van der Waals surface area contributed by atoms with Crippen molar-refractivity contribution in [3.63, 3.8) is 0 Å². The SMILES string of the molecule is O=Cc1ccc(OCc2cc(Br)cs2)c(F)c1. The predicted octanol–water partition coefficient (Wildman–Crippen LogP) is 4.04. The van der Waals surface area contributed by atoms with E-state index in [1.54, 1.807) is 0 Å². The van der Waals surface area contributed by atoms with E-state index in [0.717, 1.165) is 15.4 Å². The maximum atomic E-state index is 13.5. The third-order valence-electron chi connectivity index (χ3n) is 2.08. The van der Waals surface area contributed by atoms with Crippen LogP contribution < -0.4 is 4.74 Å². The lowest BCUT2D eigenvalue weighted by molar-refractivity contribution is 0.112. The molecule has 0 atom stereocenters. The summed E-state index contributed by atoms with van der Waals surface area (Å²) in [6, 6.07) is 6.06. The van der Waals surface area contributed by atoms with Crippen molar-refractivity contribution >= 4 is 33.6 Å². The Balaban J connectivity index is 2.06. The smallest absolute Gasteiger partial charge is 0.165 e. The monoisotopic (exact) mass is 314 g/mol. The lowest BCUT2D eigenvalue weighted by atomic mass is 10.2. The van der Waals surface area contributed by atoms with Gasteiger partial charge in [0.1, 0.15) is 12.9 Å². The highest BCUT2D eigenvalue weighted by molar-refractivity contribution is 9.10. The largest absolute Gasteiger partial charge is 0.485 e. The number of aldehydes is 1. The molecule has 1 heterocycles. The normalized spacial score (nSPS) is 10.2. The molecule has 2 aromatic rings. The second-order valence-electron chi connectivity index (χ2n) is 3.33. The molecule has 5 heteroatoms. The Morgan fingerprint density at radius 3 is 2.82 bits per heavy atom. The highest BCUT2D eigenvalue weighted by atomic mass is 79.9. The first-order valence-corrected chi connectivity index (χ1v) is 6.47. The van der Waals surface area contributed by atoms with Crippen LogP contribution in [-0.4, -0.2) is 6.29 Å². The number of ether oxygens (including phenoxy) is 1. The van der Waals surface area contributed by atoms with Crippen LogP contribution in [0.5, 0.6) is 5.75 Å². The molecule has 0 bridgehead atoms. The zero-order chi connectivity index (χ0) is 12.3. The molecular formula is C12H8BrFO2S. The van der Waals surface area contributed by atoms with Gasteiger partial charge in [-0.15, -0.1) is 11.3 Å². The molecule has 0 unspecified atom stereocenters. The Bertz CT molecular complexity index is 539. The van der Waals surface area contributed by atoms with E-state index < -0.39 is 5.82 Å². The van der Waals surface area contributed by atoms with Crippen LogP contribution in [0.15, 0.2) is 34.1 Å². The number of thiophene rings is 1. The first-order valence-electron chi connectivity index (χ1n) is 4.79. The molecule has 1 aromatic carbocycles. The van der Waals surface area contributed by atoms with Gasteiger partial charge >= 0.3 is 0 Å². The average Bonchev–Trinajstić information content (AvgIpc) is 2.73. The lowest BCUT2D eigenvalue weighted by Gasteiger charge is -2.05. The molecular weight excluding hydrogens is 307 g/mol. The number of hydrogen-bond donors (Lipinski definition) is 0. The highest BCUT2D eigenvalue weighted by Crippen LogP contribution is 2.23. The van der Waals surface area contributed by atoms with E-state index in [1.165, 1.54) is 23.5 Å². The van der Waals surface area contributed by atoms with Crippen molar-refractivity contribution < 1.29 is 13.9 Å². The fourth-order valence-corrected chi connectivity index (χ4v) is 2.65. The maximum Gasteiger partial charge on any atom is 0.165 e. The quantitative estimate of drug-likeness (QED) is 0.796. The molecule has 0 fully saturated rings. The molecule has 1 aromatic heterocycles. The second-order valence-corrected chi connectivity index (χ2v) is 5.24. The number of carbonyl (C=O) groups excluding carboxylic acids is 1. The molecule has 0 spiro atoms. The standard InChI is InChI=1S/C12H8BrFO2S/c13-9-4-10(17-7-9)6-16-12-2-1-8(5-15)3-11(12)14/h1-5,7H,6H2. The summed E-state index contributed by atoms with van der Waals surface area (Å²) in [6.45, 7) is 0.313. The Morgan fingerprint density at radius 1 is 1.41 bits per heavy atom. The van der Waals surface area contributed by atoms with Gasteiger partial charge in [0.15, 0.2) is 11.6 Å². The zero-order valence-electron chi connectivity index (χ0n) is 8.65. The van der Waals surface area contributed by atoms with Gasteiger partial charge in [-0.1, -0.05) is 0 Å². The summed E-state index contributed by atoms with van der Waals surface area (Å²) < 4.78 is 19.8. The maximum absolute atomic E-state index is 13.5. The minimum Gasteiger partial charge on any atom is -0.485 e. The second kappa shape index (κ2) is 5.42. The third kappa shape index (κ3) is 3.14. The summed E-state index contributed by atoms with van der Waals surface area (Å²) in [4.78, 5) is 11.4. The minimum atomic E-state index is -0.523. The summed E-state index contributed by atoms with van der Waals surface area (Å²) >= 11 is 4.87. The highest BCUT2D eigenvalue weighted by Gasteiger charge is 2.05. The summed E-state index contributed by atoms with van der Waals surface area (Å²) in [5.74, 6) is -0.370. The van der Waals surface area contributed by atoms with Gasteiger partial charge in [-0.25, -0.2) is 4.39 Å². The number of benzene rings is 1. The Morgan fingerprint density at radius 2 is 2.24 bits per heavy atom. The van der Waals surface area contributed by atoms with Gasteiger partial charge in [0, 0.05) is 20.3 Å². The van der Waals surface area contributed by atoms with Crippen LogP contribution in [0.25, 0.3) is 0 Å². The first kappa shape index (κ1) is 12.3.